The largest absolute Gasteiger partial charge is 0.384 e. The molecule has 1 aliphatic rings. The van der Waals surface area contributed by atoms with Gasteiger partial charge < -0.3 is 14.6 Å². The van der Waals surface area contributed by atoms with Crippen LogP contribution in [0.15, 0.2) is 47.0 Å². The number of fused-ring (bicyclic) bond motifs is 1. The third kappa shape index (κ3) is 2.42. The summed E-state index contributed by atoms with van der Waals surface area (Å²) >= 11 is 0. The summed E-state index contributed by atoms with van der Waals surface area (Å²) in [6, 6.07) is 14.4. The number of hydrogen-bond acceptors (Lipinski definition) is 5. The zero-order valence-corrected chi connectivity index (χ0v) is 13.1. The van der Waals surface area contributed by atoms with E-state index in [9.17, 15) is 0 Å². The highest BCUT2D eigenvalue weighted by atomic mass is 16.5. The SMILES string of the molecule is COCC1(c2nc(-c3cccc4ccccc34)no2)CCNC1. The molecule has 23 heavy (non-hydrogen) atoms. The maximum Gasteiger partial charge on any atom is 0.236 e. The number of nitrogens with zero attached hydrogens (tertiary/aromatic N) is 2. The van der Waals surface area contributed by atoms with Crippen molar-refractivity contribution in [3.05, 3.63) is 48.4 Å². The van der Waals surface area contributed by atoms with Gasteiger partial charge in [0.2, 0.25) is 11.7 Å². The Hall–Kier alpha value is -2.24. The van der Waals surface area contributed by atoms with Crippen molar-refractivity contribution in [2.75, 3.05) is 26.8 Å². The summed E-state index contributed by atoms with van der Waals surface area (Å²) in [6.07, 6.45) is 0.942. The van der Waals surface area contributed by atoms with E-state index in [0.29, 0.717) is 18.3 Å². The number of aromatic nitrogens is 2. The van der Waals surface area contributed by atoms with Gasteiger partial charge >= 0.3 is 0 Å². The Labute approximate surface area is 134 Å². The molecule has 0 spiro atoms. The molecule has 1 aromatic heterocycles. The van der Waals surface area contributed by atoms with Crippen molar-refractivity contribution in [1.29, 1.82) is 0 Å². The molecule has 0 aliphatic carbocycles. The Kier molecular flexibility index (Phi) is 3.59. The summed E-state index contributed by atoms with van der Waals surface area (Å²) in [7, 11) is 1.71. The highest BCUT2D eigenvalue weighted by Crippen LogP contribution is 2.33. The second-order valence-corrected chi connectivity index (χ2v) is 6.09. The first-order valence-corrected chi connectivity index (χ1v) is 7.84. The van der Waals surface area contributed by atoms with E-state index in [1.54, 1.807) is 7.11 Å². The van der Waals surface area contributed by atoms with E-state index in [1.165, 1.54) is 5.39 Å². The first-order valence-electron chi connectivity index (χ1n) is 7.84. The standard InChI is InChI=1S/C18H19N3O2/c1-22-12-18(9-10-19-11-18)17-20-16(21-23-17)15-8-4-6-13-5-2-3-7-14(13)15/h2-8,19H,9-12H2,1H3. The summed E-state index contributed by atoms with van der Waals surface area (Å²) < 4.78 is 11.0. The van der Waals surface area contributed by atoms with Crippen LogP contribution in [-0.4, -0.2) is 36.9 Å². The summed E-state index contributed by atoms with van der Waals surface area (Å²) in [4.78, 5) is 4.71. The van der Waals surface area contributed by atoms with Crippen LogP contribution >= 0.6 is 0 Å². The second-order valence-electron chi connectivity index (χ2n) is 6.09. The van der Waals surface area contributed by atoms with Gasteiger partial charge in [-0.25, -0.2) is 0 Å². The molecule has 118 valence electrons. The molecule has 1 unspecified atom stereocenters. The van der Waals surface area contributed by atoms with Crippen molar-refractivity contribution in [3.8, 4) is 11.4 Å². The van der Waals surface area contributed by atoms with Crippen LogP contribution in [0.2, 0.25) is 0 Å². The summed E-state index contributed by atoms with van der Waals surface area (Å²) in [6.45, 7) is 2.32. The van der Waals surface area contributed by atoms with Crippen LogP contribution in [0.25, 0.3) is 22.2 Å². The molecule has 2 aromatic carbocycles. The highest BCUT2D eigenvalue weighted by Gasteiger charge is 2.41. The molecule has 1 saturated heterocycles. The van der Waals surface area contributed by atoms with Crippen LogP contribution in [-0.2, 0) is 10.2 Å². The molecule has 0 saturated carbocycles. The van der Waals surface area contributed by atoms with E-state index in [1.807, 2.05) is 24.3 Å². The topological polar surface area (TPSA) is 60.2 Å². The molecule has 1 aliphatic heterocycles. The first-order chi connectivity index (χ1) is 11.3. The van der Waals surface area contributed by atoms with Crippen LogP contribution < -0.4 is 5.32 Å². The third-order valence-corrected chi connectivity index (χ3v) is 4.57. The van der Waals surface area contributed by atoms with Gasteiger partial charge in [0.1, 0.15) is 0 Å². The van der Waals surface area contributed by atoms with Gasteiger partial charge in [0.05, 0.1) is 12.0 Å². The molecule has 3 aromatic rings. The Morgan fingerprint density at radius 1 is 1.22 bits per heavy atom. The van der Waals surface area contributed by atoms with E-state index in [4.69, 9.17) is 14.2 Å². The average molecular weight is 309 g/mol. The van der Waals surface area contributed by atoms with Crippen molar-refractivity contribution in [1.82, 2.24) is 15.5 Å². The maximum atomic E-state index is 5.63. The van der Waals surface area contributed by atoms with Gasteiger partial charge in [-0.15, -0.1) is 0 Å². The Morgan fingerprint density at radius 3 is 2.91 bits per heavy atom. The predicted octanol–water partition coefficient (Wildman–Crippen LogP) is 2.77. The number of nitrogens with one attached hydrogen (secondary N) is 1. The number of benzene rings is 2. The van der Waals surface area contributed by atoms with E-state index in [2.05, 4.69) is 28.7 Å². The van der Waals surface area contributed by atoms with E-state index >= 15 is 0 Å². The second kappa shape index (κ2) is 5.76. The summed E-state index contributed by atoms with van der Waals surface area (Å²) in [5, 5.41) is 9.91. The van der Waals surface area contributed by atoms with Crippen molar-refractivity contribution in [2.24, 2.45) is 0 Å². The Balaban J connectivity index is 1.78. The number of methoxy groups -OCH3 is 1. The smallest absolute Gasteiger partial charge is 0.236 e. The quantitative estimate of drug-likeness (QED) is 0.803. The minimum absolute atomic E-state index is 0.218. The van der Waals surface area contributed by atoms with Crippen molar-refractivity contribution in [3.63, 3.8) is 0 Å². The molecule has 5 heteroatoms. The fourth-order valence-corrected chi connectivity index (χ4v) is 3.36. The fraction of sp³-hybridized carbons (Fsp3) is 0.333. The van der Waals surface area contributed by atoms with Crippen LogP contribution in [0.3, 0.4) is 0 Å². The van der Waals surface area contributed by atoms with Crippen LogP contribution in [0.4, 0.5) is 0 Å². The van der Waals surface area contributed by atoms with Crippen molar-refractivity contribution >= 4 is 10.8 Å². The van der Waals surface area contributed by atoms with Crippen molar-refractivity contribution in [2.45, 2.75) is 11.8 Å². The molecule has 0 amide bonds. The molecule has 2 heterocycles. The molecule has 1 N–H and O–H groups in total. The normalized spacial score (nSPS) is 21.1. The lowest BCUT2D eigenvalue weighted by atomic mass is 9.88. The van der Waals surface area contributed by atoms with Gasteiger partial charge in [-0.2, -0.15) is 4.98 Å². The molecule has 1 fully saturated rings. The minimum atomic E-state index is -0.218. The Morgan fingerprint density at radius 2 is 2.09 bits per heavy atom. The number of hydrogen-bond donors (Lipinski definition) is 1. The fourth-order valence-electron chi connectivity index (χ4n) is 3.36. The van der Waals surface area contributed by atoms with Gasteiger partial charge in [-0.3, -0.25) is 0 Å². The van der Waals surface area contributed by atoms with Gasteiger partial charge in [0.25, 0.3) is 0 Å². The maximum absolute atomic E-state index is 5.63. The Bertz CT molecular complexity index is 817. The van der Waals surface area contributed by atoms with Crippen LogP contribution in [0.5, 0.6) is 0 Å². The summed E-state index contributed by atoms with van der Waals surface area (Å²) in [5.41, 5.74) is 0.779. The molecular weight excluding hydrogens is 290 g/mol. The van der Waals surface area contributed by atoms with Gasteiger partial charge in [-0.1, -0.05) is 47.6 Å². The third-order valence-electron chi connectivity index (χ3n) is 4.57. The number of rotatable bonds is 4. The molecular formula is C18H19N3O2. The molecule has 1 atom stereocenters. The lowest BCUT2D eigenvalue weighted by Crippen LogP contribution is -2.34. The van der Waals surface area contributed by atoms with E-state index in [-0.39, 0.29) is 5.41 Å². The number of ether oxygens (including phenoxy) is 1. The predicted molar refractivity (Wildman–Crippen MR) is 88.3 cm³/mol. The molecule has 0 bridgehead atoms. The molecule has 0 radical (unpaired) electrons. The zero-order chi connectivity index (χ0) is 15.7. The van der Waals surface area contributed by atoms with E-state index < -0.39 is 0 Å². The minimum Gasteiger partial charge on any atom is -0.384 e. The molecule has 4 rings (SSSR count). The lowest BCUT2D eigenvalue weighted by molar-refractivity contribution is 0.117. The van der Waals surface area contributed by atoms with Gasteiger partial charge in [0.15, 0.2) is 0 Å². The summed E-state index contributed by atoms with van der Waals surface area (Å²) in [5.74, 6) is 1.30. The van der Waals surface area contributed by atoms with Crippen molar-refractivity contribution < 1.29 is 9.26 Å². The highest BCUT2D eigenvalue weighted by molar-refractivity contribution is 5.94. The molecule has 5 nitrogen and oxygen atoms in total. The monoisotopic (exact) mass is 309 g/mol. The average Bonchev–Trinajstić information content (AvgIpc) is 3.25. The lowest BCUT2D eigenvalue weighted by Gasteiger charge is -2.22. The van der Waals surface area contributed by atoms with Crippen LogP contribution in [0, 0.1) is 0 Å². The van der Waals surface area contributed by atoms with Gasteiger partial charge in [-0.05, 0) is 23.7 Å². The van der Waals surface area contributed by atoms with Crippen LogP contribution in [0.1, 0.15) is 12.3 Å². The van der Waals surface area contributed by atoms with Gasteiger partial charge in [0, 0.05) is 19.2 Å². The zero-order valence-electron chi connectivity index (χ0n) is 13.1. The first kappa shape index (κ1) is 14.4. The van der Waals surface area contributed by atoms with E-state index in [0.717, 1.165) is 30.5 Å².